The van der Waals surface area contributed by atoms with Crippen molar-refractivity contribution in [1.82, 2.24) is 4.90 Å². The Kier molecular flexibility index (Phi) is 9.52. The van der Waals surface area contributed by atoms with Gasteiger partial charge < -0.3 is 14.9 Å². The molecule has 0 spiro atoms. The first-order chi connectivity index (χ1) is 17.1. The van der Waals surface area contributed by atoms with Crippen LogP contribution in [0.25, 0.3) is 11.1 Å². The molecule has 1 aliphatic carbocycles. The Morgan fingerprint density at radius 3 is 2.40 bits per heavy atom. The van der Waals surface area contributed by atoms with Crippen LogP contribution in [0.5, 0.6) is 0 Å². The lowest BCUT2D eigenvalue weighted by molar-refractivity contribution is -0.137. The lowest BCUT2D eigenvalue weighted by Crippen LogP contribution is -2.47. The van der Waals surface area contributed by atoms with Gasteiger partial charge in [-0.05, 0) is 61.9 Å². The van der Waals surface area contributed by atoms with Crippen LogP contribution in [0.2, 0.25) is 0 Å². The SMILES string of the molecule is O=C(O)CCC/C=C/CC1C(OCc2ccc(-c3ccccc3)cc2)CC(O)C1N1CCCCC1. The summed E-state index contributed by atoms with van der Waals surface area (Å²) in [7, 11) is 0. The van der Waals surface area contributed by atoms with E-state index in [1.807, 2.05) is 6.07 Å². The monoisotopic (exact) mass is 477 g/mol. The molecule has 0 aromatic heterocycles. The average molecular weight is 478 g/mol. The Bertz CT molecular complexity index is 937. The number of aliphatic carboxylic acids is 1. The van der Waals surface area contributed by atoms with Gasteiger partial charge in [0, 0.05) is 24.8 Å². The Labute approximate surface area is 209 Å². The van der Waals surface area contributed by atoms with Gasteiger partial charge in [-0.2, -0.15) is 0 Å². The smallest absolute Gasteiger partial charge is 0.303 e. The van der Waals surface area contributed by atoms with E-state index in [4.69, 9.17) is 9.84 Å². The minimum Gasteiger partial charge on any atom is -0.481 e. The Hall–Kier alpha value is -2.47. The second-order valence-electron chi connectivity index (χ2n) is 9.96. The number of aliphatic hydroxyl groups is 1. The largest absolute Gasteiger partial charge is 0.481 e. The van der Waals surface area contributed by atoms with Crippen molar-refractivity contribution < 1.29 is 19.7 Å². The maximum absolute atomic E-state index is 11.0. The van der Waals surface area contributed by atoms with E-state index in [0.717, 1.165) is 31.5 Å². The fourth-order valence-corrected chi connectivity index (χ4v) is 5.64. The van der Waals surface area contributed by atoms with Crippen molar-refractivity contribution in [2.24, 2.45) is 5.92 Å². The van der Waals surface area contributed by atoms with Gasteiger partial charge in [0.05, 0.1) is 18.8 Å². The predicted octanol–water partition coefficient (Wildman–Crippen LogP) is 5.68. The molecule has 2 aromatic carbocycles. The number of carboxylic acid groups (broad SMARTS) is 1. The molecule has 0 amide bonds. The van der Waals surface area contributed by atoms with Gasteiger partial charge in [-0.25, -0.2) is 0 Å². The molecular formula is C30H39NO4. The number of hydrogen-bond donors (Lipinski definition) is 2. The quantitative estimate of drug-likeness (QED) is 0.322. The lowest BCUT2D eigenvalue weighted by atomic mass is 9.93. The summed E-state index contributed by atoms with van der Waals surface area (Å²) in [5, 5.41) is 19.9. The summed E-state index contributed by atoms with van der Waals surface area (Å²) >= 11 is 0. The second-order valence-corrected chi connectivity index (χ2v) is 9.96. The fourth-order valence-electron chi connectivity index (χ4n) is 5.64. The lowest BCUT2D eigenvalue weighted by Gasteiger charge is -2.37. The molecule has 4 unspecified atom stereocenters. The number of ether oxygens (including phenoxy) is 1. The molecule has 0 bridgehead atoms. The van der Waals surface area contributed by atoms with E-state index in [9.17, 15) is 9.90 Å². The standard InChI is InChI=1S/C30H39NO4/c32-27-21-28(35-22-23-15-17-25(18-16-23)24-11-5-3-6-12-24)26(13-7-1-2-8-14-29(33)34)30(27)31-19-9-4-10-20-31/h1,3,5-7,11-12,15-18,26-28,30,32H,2,4,8-10,13-14,19-22H2,(H,33,34)/b7-1+. The van der Waals surface area contributed by atoms with E-state index in [2.05, 4.69) is 65.6 Å². The van der Waals surface area contributed by atoms with Crippen molar-refractivity contribution in [3.63, 3.8) is 0 Å². The van der Waals surface area contributed by atoms with Gasteiger partial charge in [0.2, 0.25) is 0 Å². The molecule has 4 rings (SSSR count). The van der Waals surface area contributed by atoms with Gasteiger partial charge in [-0.15, -0.1) is 0 Å². The van der Waals surface area contributed by atoms with Crippen molar-refractivity contribution in [2.45, 2.75) is 76.2 Å². The summed E-state index contributed by atoms with van der Waals surface area (Å²) in [6.45, 7) is 2.64. The molecule has 1 heterocycles. The number of aliphatic hydroxyl groups excluding tert-OH is 1. The highest BCUT2D eigenvalue weighted by atomic mass is 16.5. The zero-order valence-electron chi connectivity index (χ0n) is 20.6. The number of carboxylic acids is 1. The molecule has 188 valence electrons. The van der Waals surface area contributed by atoms with Gasteiger partial charge in [-0.3, -0.25) is 9.69 Å². The van der Waals surface area contributed by atoms with Gasteiger partial charge in [0.15, 0.2) is 0 Å². The predicted molar refractivity (Wildman–Crippen MR) is 139 cm³/mol. The van der Waals surface area contributed by atoms with Gasteiger partial charge in [0.25, 0.3) is 0 Å². The zero-order chi connectivity index (χ0) is 24.5. The van der Waals surface area contributed by atoms with Crippen molar-refractivity contribution in [2.75, 3.05) is 13.1 Å². The van der Waals surface area contributed by atoms with Gasteiger partial charge in [0.1, 0.15) is 0 Å². The number of piperidine rings is 1. The van der Waals surface area contributed by atoms with Crippen LogP contribution in [0, 0.1) is 5.92 Å². The molecule has 5 nitrogen and oxygen atoms in total. The summed E-state index contributed by atoms with van der Waals surface area (Å²) in [6.07, 6.45) is 10.7. The van der Waals surface area contributed by atoms with Gasteiger partial charge >= 0.3 is 5.97 Å². The summed E-state index contributed by atoms with van der Waals surface area (Å²) in [5.74, 6) is -0.504. The maximum atomic E-state index is 11.0. The summed E-state index contributed by atoms with van der Waals surface area (Å²) in [6, 6.07) is 19.0. The molecule has 0 radical (unpaired) electrons. The Balaban J connectivity index is 1.38. The maximum Gasteiger partial charge on any atom is 0.303 e. The number of allylic oxidation sites excluding steroid dienone is 2. The molecule has 5 heteroatoms. The molecule has 4 atom stereocenters. The first-order valence-corrected chi connectivity index (χ1v) is 13.2. The third-order valence-electron chi connectivity index (χ3n) is 7.46. The van der Waals surface area contributed by atoms with E-state index in [1.54, 1.807) is 0 Å². The molecule has 2 aliphatic rings. The Morgan fingerprint density at radius 1 is 0.971 bits per heavy atom. The summed E-state index contributed by atoms with van der Waals surface area (Å²) < 4.78 is 6.45. The number of rotatable bonds is 11. The number of unbranched alkanes of at least 4 members (excludes halogenated alkanes) is 1. The summed E-state index contributed by atoms with van der Waals surface area (Å²) in [5.41, 5.74) is 3.55. The average Bonchev–Trinajstić information content (AvgIpc) is 3.20. The van der Waals surface area contributed by atoms with E-state index >= 15 is 0 Å². The summed E-state index contributed by atoms with van der Waals surface area (Å²) in [4.78, 5) is 13.2. The zero-order valence-corrected chi connectivity index (χ0v) is 20.6. The highest BCUT2D eigenvalue weighted by Crippen LogP contribution is 2.37. The second kappa shape index (κ2) is 13.0. The van der Waals surface area contributed by atoms with Crippen LogP contribution in [0.4, 0.5) is 0 Å². The van der Waals surface area contributed by atoms with Crippen molar-refractivity contribution >= 4 is 5.97 Å². The molecule has 1 saturated carbocycles. The van der Waals surface area contributed by atoms with Crippen LogP contribution in [0.3, 0.4) is 0 Å². The van der Waals surface area contributed by atoms with Crippen LogP contribution in [0.15, 0.2) is 66.7 Å². The van der Waals surface area contributed by atoms with Crippen LogP contribution in [0.1, 0.15) is 56.9 Å². The molecule has 1 aliphatic heterocycles. The van der Waals surface area contributed by atoms with E-state index in [0.29, 0.717) is 19.4 Å². The minimum absolute atomic E-state index is 0.00870. The van der Waals surface area contributed by atoms with Crippen LogP contribution in [-0.4, -0.2) is 52.4 Å². The first-order valence-electron chi connectivity index (χ1n) is 13.2. The van der Waals surface area contributed by atoms with Crippen LogP contribution in [-0.2, 0) is 16.1 Å². The van der Waals surface area contributed by atoms with E-state index in [-0.39, 0.29) is 30.6 Å². The Morgan fingerprint density at radius 2 is 1.69 bits per heavy atom. The van der Waals surface area contributed by atoms with Crippen molar-refractivity contribution in [1.29, 1.82) is 0 Å². The van der Waals surface area contributed by atoms with Crippen molar-refractivity contribution in [3.8, 4) is 11.1 Å². The van der Waals surface area contributed by atoms with Crippen molar-refractivity contribution in [3.05, 3.63) is 72.3 Å². The molecule has 2 fully saturated rings. The third-order valence-corrected chi connectivity index (χ3v) is 7.46. The molecule has 1 saturated heterocycles. The number of carbonyl (C=O) groups is 1. The highest BCUT2D eigenvalue weighted by molar-refractivity contribution is 5.66. The minimum atomic E-state index is -0.743. The van der Waals surface area contributed by atoms with E-state index < -0.39 is 5.97 Å². The number of nitrogens with zero attached hydrogens (tertiary/aromatic N) is 1. The number of benzene rings is 2. The molecule has 2 N–H and O–H groups in total. The third kappa shape index (κ3) is 7.26. The topological polar surface area (TPSA) is 70.0 Å². The van der Waals surface area contributed by atoms with E-state index in [1.165, 1.54) is 30.4 Å². The van der Waals surface area contributed by atoms with Crippen LogP contribution < -0.4 is 0 Å². The normalized spacial score (nSPS) is 25.3. The molecule has 35 heavy (non-hydrogen) atoms. The number of hydrogen-bond acceptors (Lipinski definition) is 4. The fraction of sp³-hybridized carbons (Fsp3) is 0.500. The highest BCUT2D eigenvalue weighted by Gasteiger charge is 2.45. The number of likely N-dealkylation sites (tertiary alicyclic amines) is 1. The first kappa shape index (κ1) is 25.6. The van der Waals surface area contributed by atoms with Gasteiger partial charge in [-0.1, -0.05) is 73.2 Å². The molecule has 2 aromatic rings. The van der Waals surface area contributed by atoms with Crippen LogP contribution >= 0.6 is 0 Å². The molecular weight excluding hydrogens is 438 g/mol.